The second kappa shape index (κ2) is 10.9. The van der Waals surface area contributed by atoms with Crippen molar-refractivity contribution in [3.63, 3.8) is 0 Å². The number of hydrogen-bond acceptors (Lipinski definition) is 0. The summed E-state index contributed by atoms with van der Waals surface area (Å²) >= 11 is 0. The van der Waals surface area contributed by atoms with Crippen molar-refractivity contribution in [1.82, 2.24) is 0 Å². The third-order valence-electron chi connectivity index (χ3n) is 5.88. The summed E-state index contributed by atoms with van der Waals surface area (Å²) in [5, 5.41) is -0.000339. The van der Waals surface area contributed by atoms with Crippen LogP contribution in [0.25, 0.3) is 0 Å². The first kappa shape index (κ1) is 18.5. The zero-order valence-electron chi connectivity index (χ0n) is 14.8. The second-order valence-corrected chi connectivity index (χ2v) is 8.03. The van der Waals surface area contributed by atoms with Crippen molar-refractivity contribution in [3.8, 4) is 0 Å². The summed E-state index contributed by atoms with van der Waals surface area (Å²) in [5.74, 6) is 0.797. The predicted octanol–water partition coefficient (Wildman–Crippen LogP) is 6.04. The Morgan fingerprint density at radius 1 is 0.591 bits per heavy atom. The van der Waals surface area contributed by atoms with Gasteiger partial charge in [0.05, 0.1) is 22.2 Å². The Labute approximate surface area is 142 Å². The van der Waals surface area contributed by atoms with Crippen LogP contribution in [0.4, 0.5) is 0 Å². The molecule has 22 heavy (non-hydrogen) atoms. The Hall–Kier alpha value is 0.195. The van der Waals surface area contributed by atoms with Gasteiger partial charge in [-0.15, -0.1) is 0 Å². The van der Waals surface area contributed by atoms with Crippen LogP contribution < -0.4 is 0 Å². The highest BCUT2D eigenvalue weighted by atomic mass is 14.1. The summed E-state index contributed by atoms with van der Waals surface area (Å²) in [4.78, 5) is 0. The molecule has 0 bridgehead atoms. The summed E-state index contributed by atoms with van der Waals surface area (Å²) in [6.45, 7) is 0. The van der Waals surface area contributed by atoms with Crippen LogP contribution in [-0.4, -0.2) is 22.2 Å². The van der Waals surface area contributed by atoms with Gasteiger partial charge in [-0.25, -0.2) is 0 Å². The Morgan fingerprint density at radius 3 is 1.50 bits per heavy atom. The minimum atomic E-state index is -0.000339. The molecule has 0 aliphatic heterocycles. The van der Waals surface area contributed by atoms with Crippen molar-refractivity contribution in [2.24, 2.45) is 0 Å². The third-order valence-corrected chi connectivity index (χ3v) is 5.88. The predicted molar refractivity (Wildman–Crippen MR) is 102 cm³/mol. The highest BCUT2D eigenvalue weighted by Gasteiger charge is 2.26. The molecule has 4 radical (unpaired) electrons. The van der Waals surface area contributed by atoms with Gasteiger partial charge in [0, 0.05) is 0 Å². The lowest BCUT2D eigenvalue weighted by Gasteiger charge is -2.31. The Kier molecular flexibility index (Phi) is 9.16. The molecule has 0 amide bonds. The first-order valence-electron chi connectivity index (χ1n) is 10.3. The van der Waals surface area contributed by atoms with Crippen LogP contribution in [0, 0.1) is 0 Å². The lowest BCUT2D eigenvalue weighted by atomic mass is 9.19. The molecule has 2 fully saturated rings. The van der Waals surface area contributed by atoms with E-state index >= 15 is 0 Å². The van der Waals surface area contributed by atoms with Crippen molar-refractivity contribution in [2.75, 3.05) is 0 Å². The molecule has 0 spiro atoms. The minimum Gasteiger partial charge on any atom is -0.0989 e. The topological polar surface area (TPSA) is 0 Å². The summed E-state index contributed by atoms with van der Waals surface area (Å²) in [6.07, 6.45) is 23.6. The molecule has 0 saturated heterocycles. The highest BCUT2D eigenvalue weighted by molar-refractivity contribution is 7.05. The van der Waals surface area contributed by atoms with Gasteiger partial charge in [0.25, 0.3) is 0 Å². The molecule has 0 aromatic rings. The maximum atomic E-state index is 6.75. The molecular weight excluding hydrogens is 261 g/mol. The zero-order chi connectivity index (χ0) is 15.5. The monoisotopic (exact) mass is 296 g/mol. The third kappa shape index (κ3) is 7.65. The fourth-order valence-corrected chi connectivity index (χ4v) is 4.27. The molecule has 0 aromatic carbocycles. The van der Waals surface area contributed by atoms with Crippen LogP contribution in [0.2, 0.25) is 11.0 Å². The standard InChI is InChI=1S/C19H35B3/c20-19(16-12-8-4-5-9-13-17-19)22-21-18-14-10-6-2-1-3-7-11-15-18/h18H,1-17H2. The summed E-state index contributed by atoms with van der Waals surface area (Å²) in [6, 6.07) is 0. The van der Waals surface area contributed by atoms with Crippen LogP contribution in [0.15, 0.2) is 0 Å². The van der Waals surface area contributed by atoms with E-state index in [1.54, 1.807) is 0 Å². The minimum absolute atomic E-state index is 0.000339. The van der Waals surface area contributed by atoms with Crippen LogP contribution in [-0.2, 0) is 0 Å². The van der Waals surface area contributed by atoms with Gasteiger partial charge >= 0.3 is 0 Å². The summed E-state index contributed by atoms with van der Waals surface area (Å²) in [5.41, 5.74) is 0. The normalized spacial score (nSPS) is 26.2. The molecule has 0 aromatic heterocycles. The van der Waals surface area contributed by atoms with Crippen molar-refractivity contribution in [3.05, 3.63) is 0 Å². The van der Waals surface area contributed by atoms with Crippen LogP contribution >= 0.6 is 0 Å². The van der Waals surface area contributed by atoms with E-state index in [1.165, 1.54) is 109 Å². The van der Waals surface area contributed by atoms with Crippen molar-refractivity contribution < 1.29 is 0 Å². The van der Waals surface area contributed by atoms with Gasteiger partial charge in [-0.1, -0.05) is 120 Å². The van der Waals surface area contributed by atoms with Crippen molar-refractivity contribution in [1.29, 1.82) is 0 Å². The average Bonchev–Trinajstić information content (AvgIpc) is 2.64. The molecular formula is C19H35B3. The molecule has 3 heteroatoms. The summed E-state index contributed by atoms with van der Waals surface area (Å²) < 4.78 is 0. The van der Waals surface area contributed by atoms with Gasteiger partial charge in [0.1, 0.15) is 0 Å². The van der Waals surface area contributed by atoms with E-state index in [0.717, 1.165) is 5.82 Å². The molecule has 0 N–H and O–H groups in total. The molecule has 0 nitrogen and oxygen atoms in total. The van der Waals surface area contributed by atoms with E-state index in [1.807, 2.05) is 0 Å². The van der Waals surface area contributed by atoms with Crippen molar-refractivity contribution in [2.45, 2.75) is 120 Å². The first-order chi connectivity index (χ1) is 10.8. The summed E-state index contributed by atoms with van der Waals surface area (Å²) in [7, 11) is 11.7. The average molecular weight is 296 g/mol. The SMILES string of the molecule is [B]C1([B][B]C2CCCCCCCCC2)CCCCCCCC1. The smallest absolute Gasteiger partial charge is 0.0693 e. The van der Waals surface area contributed by atoms with E-state index in [-0.39, 0.29) is 5.21 Å². The maximum absolute atomic E-state index is 6.75. The fourth-order valence-electron chi connectivity index (χ4n) is 4.27. The molecule has 0 heterocycles. The quantitative estimate of drug-likeness (QED) is 0.557. The van der Waals surface area contributed by atoms with E-state index in [4.69, 9.17) is 7.85 Å². The number of rotatable bonds is 3. The largest absolute Gasteiger partial charge is 0.0989 e. The van der Waals surface area contributed by atoms with Crippen LogP contribution in [0.5, 0.6) is 0 Å². The molecule has 2 rings (SSSR count). The van der Waals surface area contributed by atoms with E-state index < -0.39 is 0 Å². The van der Waals surface area contributed by atoms with Crippen molar-refractivity contribution >= 4 is 22.2 Å². The van der Waals surface area contributed by atoms with Gasteiger partial charge in [-0.2, -0.15) is 0 Å². The molecule has 2 aliphatic rings. The van der Waals surface area contributed by atoms with Gasteiger partial charge in [-0.05, 0) is 0 Å². The highest BCUT2D eigenvalue weighted by Crippen LogP contribution is 2.37. The maximum Gasteiger partial charge on any atom is 0.0693 e. The second-order valence-electron chi connectivity index (χ2n) is 8.03. The Balaban J connectivity index is 1.76. The molecule has 120 valence electrons. The molecule has 2 saturated carbocycles. The fraction of sp³-hybridized carbons (Fsp3) is 1.00. The van der Waals surface area contributed by atoms with Gasteiger partial charge < -0.3 is 0 Å². The lowest BCUT2D eigenvalue weighted by molar-refractivity contribution is 0.503. The molecule has 2 aliphatic carbocycles. The lowest BCUT2D eigenvalue weighted by Crippen LogP contribution is -2.28. The molecule has 0 atom stereocenters. The van der Waals surface area contributed by atoms with Crippen LogP contribution in [0.3, 0.4) is 0 Å². The van der Waals surface area contributed by atoms with E-state index in [9.17, 15) is 0 Å². The van der Waals surface area contributed by atoms with Gasteiger partial charge in [0.15, 0.2) is 0 Å². The van der Waals surface area contributed by atoms with Gasteiger partial charge in [-0.3, -0.25) is 0 Å². The Bertz CT molecular complexity index is 260. The Morgan fingerprint density at radius 2 is 1.00 bits per heavy atom. The zero-order valence-corrected chi connectivity index (χ0v) is 14.8. The molecule has 0 unspecified atom stereocenters. The van der Waals surface area contributed by atoms with E-state index in [0.29, 0.717) is 0 Å². The first-order valence-corrected chi connectivity index (χ1v) is 10.3. The number of hydrogen-bond donors (Lipinski definition) is 0. The van der Waals surface area contributed by atoms with E-state index in [2.05, 4.69) is 14.3 Å². The van der Waals surface area contributed by atoms with Crippen LogP contribution in [0.1, 0.15) is 109 Å². The van der Waals surface area contributed by atoms with Gasteiger partial charge in [0.2, 0.25) is 0 Å².